The Kier molecular flexibility index (Phi) is 4.34. The van der Waals surface area contributed by atoms with Gasteiger partial charge in [0.1, 0.15) is 40.6 Å². The average molecular weight is 359 g/mol. The first kappa shape index (κ1) is 16.8. The highest BCUT2D eigenvalue weighted by molar-refractivity contribution is 5.87. The molecular formula is C22H17NO4. The first-order valence-corrected chi connectivity index (χ1v) is 8.49. The number of hydrogen-bond donors (Lipinski definition) is 0. The summed E-state index contributed by atoms with van der Waals surface area (Å²) in [6.45, 7) is 5.65. The molecule has 4 rings (SSSR count). The number of benzene rings is 2. The second-order valence-corrected chi connectivity index (χ2v) is 6.04. The number of ether oxygens (including phenoxy) is 2. The lowest BCUT2D eigenvalue weighted by atomic mass is 10.2. The lowest BCUT2D eigenvalue weighted by Crippen LogP contribution is -2.05. The minimum atomic E-state index is -0.159. The van der Waals surface area contributed by atoms with Crippen LogP contribution in [0.5, 0.6) is 17.2 Å². The fourth-order valence-corrected chi connectivity index (χ4v) is 2.96. The van der Waals surface area contributed by atoms with E-state index in [-0.39, 0.29) is 12.0 Å². The Morgan fingerprint density at radius 3 is 2.85 bits per heavy atom. The Balaban J connectivity index is 1.86. The smallest absolute Gasteiger partial charge is 0.196 e. The highest BCUT2D eigenvalue weighted by atomic mass is 16.5. The topological polar surface area (TPSA) is 61.6 Å². The molecule has 0 spiro atoms. The molecule has 0 bridgehead atoms. The third-order valence-corrected chi connectivity index (χ3v) is 4.08. The summed E-state index contributed by atoms with van der Waals surface area (Å²) >= 11 is 0. The van der Waals surface area contributed by atoms with E-state index in [2.05, 4.69) is 11.6 Å². The second-order valence-electron chi connectivity index (χ2n) is 6.04. The van der Waals surface area contributed by atoms with Crippen LogP contribution in [0, 0.1) is 6.92 Å². The van der Waals surface area contributed by atoms with Gasteiger partial charge in [0.2, 0.25) is 0 Å². The summed E-state index contributed by atoms with van der Waals surface area (Å²) in [5.74, 6) is 2.08. The van der Waals surface area contributed by atoms with Gasteiger partial charge in [-0.05, 0) is 25.1 Å². The van der Waals surface area contributed by atoms with Gasteiger partial charge in [-0.3, -0.25) is 9.78 Å². The van der Waals surface area contributed by atoms with E-state index in [9.17, 15) is 4.79 Å². The van der Waals surface area contributed by atoms with Gasteiger partial charge in [-0.1, -0.05) is 24.8 Å². The molecule has 0 aliphatic heterocycles. The first-order chi connectivity index (χ1) is 13.2. The number of fused-ring (bicyclic) bond motifs is 2. The maximum atomic E-state index is 12.4. The lowest BCUT2D eigenvalue weighted by molar-refractivity contribution is 0.364. The molecular weight excluding hydrogens is 342 g/mol. The highest BCUT2D eigenvalue weighted by Crippen LogP contribution is 2.34. The summed E-state index contributed by atoms with van der Waals surface area (Å²) in [5, 5.41) is 1.27. The predicted octanol–water partition coefficient (Wildman–Crippen LogP) is 5.01. The van der Waals surface area contributed by atoms with Gasteiger partial charge in [0.25, 0.3) is 0 Å². The lowest BCUT2D eigenvalue weighted by Gasteiger charge is -2.12. The molecule has 0 N–H and O–H groups in total. The van der Waals surface area contributed by atoms with E-state index in [1.54, 1.807) is 37.4 Å². The van der Waals surface area contributed by atoms with Crippen molar-refractivity contribution in [3.63, 3.8) is 0 Å². The standard InChI is InChI=1S/C22H17NO4/c1-3-10-25-20-12-15(13-21-22(20)18(24)11-14(2)26-21)27-19-8-9-23-17-7-5-4-6-16(17)19/h3-9,11-13H,1,10H2,2H3. The number of aryl methyl sites for hydroxylation is 1. The van der Waals surface area contributed by atoms with Crippen LogP contribution >= 0.6 is 0 Å². The van der Waals surface area contributed by atoms with E-state index >= 15 is 0 Å². The van der Waals surface area contributed by atoms with Crippen LogP contribution in [-0.4, -0.2) is 11.6 Å². The van der Waals surface area contributed by atoms with Gasteiger partial charge in [-0.25, -0.2) is 0 Å². The third-order valence-electron chi connectivity index (χ3n) is 4.08. The van der Waals surface area contributed by atoms with Crippen molar-refractivity contribution in [2.75, 3.05) is 6.61 Å². The first-order valence-electron chi connectivity index (χ1n) is 8.49. The van der Waals surface area contributed by atoms with E-state index in [4.69, 9.17) is 13.9 Å². The normalized spacial score (nSPS) is 10.9. The molecule has 0 saturated heterocycles. The van der Waals surface area contributed by atoms with Crippen LogP contribution in [0.2, 0.25) is 0 Å². The molecule has 4 aromatic rings. The van der Waals surface area contributed by atoms with Gasteiger partial charge < -0.3 is 13.9 Å². The van der Waals surface area contributed by atoms with E-state index in [1.165, 1.54) is 6.07 Å². The summed E-state index contributed by atoms with van der Waals surface area (Å²) < 4.78 is 17.5. The zero-order chi connectivity index (χ0) is 18.8. The van der Waals surface area contributed by atoms with Crippen LogP contribution in [0.1, 0.15) is 5.76 Å². The van der Waals surface area contributed by atoms with Gasteiger partial charge >= 0.3 is 0 Å². The molecule has 0 amide bonds. The van der Waals surface area contributed by atoms with Crippen LogP contribution in [0.25, 0.3) is 21.9 Å². The van der Waals surface area contributed by atoms with Crippen LogP contribution < -0.4 is 14.9 Å². The third kappa shape index (κ3) is 3.27. The van der Waals surface area contributed by atoms with E-state index in [0.29, 0.717) is 34.0 Å². The molecule has 2 aromatic heterocycles. The fourth-order valence-electron chi connectivity index (χ4n) is 2.96. The number of nitrogens with zero attached hydrogens (tertiary/aromatic N) is 1. The van der Waals surface area contributed by atoms with E-state index in [1.807, 2.05) is 24.3 Å². The molecule has 27 heavy (non-hydrogen) atoms. The number of rotatable bonds is 5. The molecule has 0 radical (unpaired) electrons. The fraction of sp³-hybridized carbons (Fsp3) is 0.0909. The van der Waals surface area contributed by atoms with Gasteiger partial charge in [0, 0.05) is 29.8 Å². The maximum absolute atomic E-state index is 12.4. The average Bonchev–Trinajstić information content (AvgIpc) is 2.66. The van der Waals surface area contributed by atoms with Crippen LogP contribution in [0.15, 0.2) is 76.6 Å². The Morgan fingerprint density at radius 1 is 1.15 bits per heavy atom. The van der Waals surface area contributed by atoms with Gasteiger partial charge in [0.05, 0.1) is 5.52 Å². The van der Waals surface area contributed by atoms with Crippen molar-refractivity contribution in [3.8, 4) is 17.2 Å². The number of hydrogen-bond acceptors (Lipinski definition) is 5. The molecule has 134 valence electrons. The summed E-state index contributed by atoms with van der Waals surface area (Å²) in [4.78, 5) is 16.8. The minimum absolute atomic E-state index is 0.159. The second kappa shape index (κ2) is 6.96. The minimum Gasteiger partial charge on any atom is -0.488 e. The van der Waals surface area contributed by atoms with Crippen LogP contribution in [0.3, 0.4) is 0 Å². The SMILES string of the molecule is C=CCOc1cc(Oc2ccnc3ccccc23)cc2oc(C)cc(=O)c12. The molecule has 0 atom stereocenters. The summed E-state index contributed by atoms with van der Waals surface area (Å²) in [5.41, 5.74) is 1.09. The van der Waals surface area contributed by atoms with E-state index < -0.39 is 0 Å². The van der Waals surface area contributed by atoms with Gasteiger partial charge in [-0.15, -0.1) is 0 Å². The van der Waals surface area contributed by atoms with Crippen molar-refractivity contribution in [1.29, 1.82) is 0 Å². The maximum Gasteiger partial charge on any atom is 0.196 e. The molecule has 2 aromatic carbocycles. The summed E-state index contributed by atoms with van der Waals surface area (Å²) in [7, 11) is 0. The zero-order valence-corrected chi connectivity index (χ0v) is 14.8. The van der Waals surface area contributed by atoms with Crippen molar-refractivity contribution in [2.45, 2.75) is 6.92 Å². The highest BCUT2D eigenvalue weighted by Gasteiger charge is 2.14. The van der Waals surface area contributed by atoms with Crippen molar-refractivity contribution in [2.24, 2.45) is 0 Å². The molecule has 0 saturated carbocycles. The molecule has 5 nitrogen and oxygen atoms in total. The molecule has 0 aliphatic rings. The monoisotopic (exact) mass is 359 g/mol. The molecule has 0 fully saturated rings. The predicted molar refractivity (Wildman–Crippen MR) is 105 cm³/mol. The number of pyridine rings is 1. The van der Waals surface area contributed by atoms with Gasteiger partial charge in [-0.2, -0.15) is 0 Å². The van der Waals surface area contributed by atoms with Crippen LogP contribution in [0.4, 0.5) is 0 Å². The largest absolute Gasteiger partial charge is 0.488 e. The Morgan fingerprint density at radius 2 is 2.00 bits per heavy atom. The number of para-hydroxylation sites is 1. The Labute approximate surface area is 155 Å². The van der Waals surface area contributed by atoms with Crippen molar-refractivity contribution in [3.05, 3.63) is 83.4 Å². The van der Waals surface area contributed by atoms with Crippen molar-refractivity contribution >= 4 is 21.9 Å². The molecule has 0 unspecified atom stereocenters. The zero-order valence-electron chi connectivity index (χ0n) is 14.8. The Bertz CT molecular complexity index is 1200. The quantitative estimate of drug-likeness (QED) is 0.469. The summed E-state index contributed by atoms with van der Waals surface area (Å²) in [6, 6.07) is 14.3. The Hall–Kier alpha value is -3.60. The molecule has 0 aliphatic carbocycles. The van der Waals surface area contributed by atoms with Crippen LogP contribution in [-0.2, 0) is 0 Å². The number of aromatic nitrogens is 1. The van der Waals surface area contributed by atoms with Gasteiger partial charge in [0.15, 0.2) is 5.43 Å². The molecule has 2 heterocycles. The van der Waals surface area contributed by atoms with Crippen molar-refractivity contribution in [1.82, 2.24) is 4.98 Å². The van der Waals surface area contributed by atoms with Crippen molar-refractivity contribution < 1.29 is 13.9 Å². The van der Waals surface area contributed by atoms with E-state index in [0.717, 1.165) is 10.9 Å². The molecule has 5 heteroatoms. The summed E-state index contributed by atoms with van der Waals surface area (Å²) in [6.07, 6.45) is 3.31.